The second-order valence-corrected chi connectivity index (χ2v) is 15.2. The van der Waals surface area contributed by atoms with E-state index in [1.807, 2.05) is 14.1 Å². The van der Waals surface area contributed by atoms with Gasteiger partial charge in [-0.05, 0) is 39.5 Å². The molecule has 0 aromatic rings. The number of rotatable bonds is 27. The lowest BCUT2D eigenvalue weighted by Crippen LogP contribution is -2.34. The quantitative estimate of drug-likeness (QED) is 0.0681. The Morgan fingerprint density at radius 1 is 0.571 bits per heavy atom. The third kappa shape index (κ3) is 16.5. The Labute approximate surface area is 262 Å². The van der Waals surface area contributed by atoms with Crippen LogP contribution in [0.25, 0.3) is 0 Å². The molecule has 0 aromatic carbocycles. The van der Waals surface area contributed by atoms with Gasteiger partial charge in [0, 0.05) is 27.2 Å². The van der Waals surface area contributed by atoms with Crippen LogP contribution in [0.1, 0.15) is 183 Å². The Kier molecular flexibility index (Phi) is 20.7. The van der Waals surface area contributed by atoms with Crippen LogP contribution in [0, 0.1) is 0 Å². The van der Waals surface area contributed by atoms with E-state index in [2.05, 4.69) is 51.3 Å². The van der Waals surface area contributed by atoms with Crippen molar-refractivity contribution >= 4 is 13.7 Å². The van der Waals surface area contributed by atoms with E-state index in [-0.39, 0.29) is 0 Å². The normalized spacial score (nSPS) is 16.0. The summed E-state index contributed by atoms with van der Waals surface area (Å²) < 4.78 is 33.6. The van der Waals surface area contributed by atoms with E-state index < -0.39 is 18.9 Å². The van der Waals surface area contributed by atoms with Crippen molar-refractivity contribution in [1.29, 1.82) is 0 Å². The van der Waals surface area contributed by atoms with Crippen LogP contribution in [-0.2, 0) is 13.6 Å². The largest absolute Gasteiger partial charge is 0.458 e. The van der Waals surface area contributed by atoms with Gasteiger partial charge in [0.15, 0.2) is 0 Å². The summed E-state index contributed by atoms with van der Waals surface area (Å²) >= 11 is 0. The molecule has 0 radical (unpaired) electrons. The highest BCUT2D eigenvalue weighted by Crippen LogP contribution is 2.59. The van der Waals surface area contributed by atoms with Crippen LogP contribution in [0.2, 0.25) is 0 Å². The molecule has 1 aliphatic heterocycles. The maximum atomic E-state index is 15.1. The number of hydrogen-bond acceptors (Lipinski definition) is 3. The molecule has 1 unspecified atom stereocenters. The molecule has 250 valence electrons. The number of unbranched alkanes of at least 4 members (excludes halogenated alkanes) is 14. The van der Waals surface area contributed by atoms with E-state index in [4.69, 9.17) is 13.8 Å². The number of nitrogens with zero attached hydrogens (tertiary/aromatic N) is 3. The molecule has 7 heteroatoms. The van der Waals surface area contributed by atoms with Crippen molar-refractivity contribution in [1.82, 2.24) is 9.80 Å². The van der Waals surface area contributed by atoms with Crippen molar-refractivity contribution in [3.05, 3.63) is 0 Å². The highest BCUT2D eigenvalue weighted by Gasteiger charge is 2.43. The van der Waals surface area contributed by atoms with Gasteiger partial charge in [0.05, 0.1) is 11.2 Å². The summed E-state index contributed by atoms with van der Waals surface area (Å²) in [4.78, 5) is 4.18. The van der Waals surface area contributed by atoms with Gasteiger partial charge in [-0.15, -0.1) is 4.76 Å². The molecule has 0 N–H and O–H groups in total. The number of guanidine groups is 1. The SMILES string of the molecule is CCCCCCCC(C)(CCCCCCC)OP(=O)(N=C1N(C)CCN1C)OC(C)(CCCCCC)CCCCCC. The molecule has 1 heterocycles. The lowest BCUT2D eigenvalue weighted by molar-refractivity contribution is -0.00366. The molecule has 0 bridgehead atoms. The monoisotopic (exact) mass is 614 g/mol. The van der Waals surface area contributed by atoms with E-state index in [0.29, 0.717) is 0 Å². The first-order chi connectivity index (χ1) is 20.1. The molecule has 0 aliphatic carbocycles. The molecule has 6 nitrogen and oxygen atoms in total. The van der Waals surface area contributed by atoms with Crippen LogP contribution in [0.15, 0.2) is 4.76 Å². The predicted molar refractivity (Wildman–Crippen MR) is 184 cm³/mol. The van der Waals surface area contributed by atoms with E-state index >= 15 is 4.57 Å². The van der Waals surface area contributed by atoms with Crippen molar-refractivity contribution in [2.24, 2.45) is 4.76 Å². The van der Waals surface area contributed by atoms with Gasteiger partial charge in [-0.1, -0.05) is 143 Å². The lowest BCUT2D eigenvalue weighted by Gasteiger charge is -2.37. The van der Waals surface area contributed by atoms with Crippen LogP contribution in [0.3, 0.4) is 0 Å². The first-order valence-electron chi connectivity index (χ1n) is 18.1. The zero-order valence-electron chi connectivity index (χ0n) is 29.5. The van der Waals surface area contributed by atoms with Gasteiger partial charge in [-0.3, -0.25) is 9.05 Å². The zero-order valence-corrected chi connectivity index (χ0v) is 30.4. The fraction of sp³-hybridized carbons (Fsp3) is 0.971. The molecule has 1 aliphatic rings. The number of likely N-dealkylation sites (N-methyl/N-ethyl adjacent to an activating group) is 2. The summed E-state index contributed by atoms with van der Waals surface area (Å²) in [7, 11) is 0.244. The number of hydrogen-bond donors (Lipinski definition) is 0. The van der Waals surface area contributed by atoms with Crippen molar-refractivity contribution < 1.29 is 13.6 Å². The summed E-state index contributed by atoms with van der Waals surface area (Å²) in [5, 5.41) is 0. The topological polar surface area (TPSA) is 54.4 Å². The Morgan fingerprint density at radius 3 is 1.17 bits per heavy atom. The van der Waals surface area contributed by atoms with E-state index in [9.17, 15) is 0 Å². The highest BCUT2D eigenvalue weighted by atomic mass is 31.2. The first kappa shape index (κ1) is 39.4. The average molecular weight is 614 g/mol. The maximum absolute atomic E-state index is 15.1. The summed E-state index contributed by atoms with van der Waals surface area (Å²) in [6.45, 7) is 15.1. The van der Waals surface area contributed by atoms with Gasteiger partial charge in [0.25, 0.3) is 0 Å². The van der Waals surface area contributed by atoms with Gasteiger partial charge in [-0.2, -0.15) is 0 Å². The molecule has 1 rings (SSSR count). The summed E-state index contributed by atoms with van der Waals surface area (Å²) in [6.07, 6.45) is 25.1. The minimum absolute atomic E-state index is 0.514. The van der Waals surface area contributed by atoms with Crippen molar-refractivity contribution in [3.63, 3.8) is 0 Å². The minimum atomic E-state index is -3.82. The Balaban J connectivity index is 3.32. The van der Waals surface area contributed by atoms with Crippen molar-refractivity contribution in [3.8, 4) is 0 Å². The summed E-state index contributed by atoms with van der Waals surface area (Å²) in [5.41, 5.74) is -1.03. The predicted octanol–water partition coefficient (Wildman–Crippen LogP) is 11.5. The average Bonchev–Trinajstić information content (AvgIpc) is 3.25. The smallest absolute Gasteiger partial charge is 0.344 e. The fourth-order valence-corrected chi connectivity index (χ4v) is 8.28. The van der Waals surface area contributed by atoms with Crippen LogP contribution in [0.5, 0.6) is 0 Å². The van der Waals surface area contributed by atoms with E-state index in [1.165, 1.54) is 89.9 Å². The molecule has 1 atom stereocenters. The molecule has 0 saturated carbocycles. The molecular weight excluding hydrogens is 541 g/mol. The molecule has 0 spiro atoms. The van der Waals surface area contributed by atoms with Crippen LogP contribution < -0.4 is 0 Å². The van der Waals surface area contributed by atoms with E-state index in [0.717, 1.165) is 70.4 Å². The molecule has 0 amide bonds. The maximum Gasteiger partial charge on any atom is 0.458 e. The molecule has 0 aromatic heterocycles. The lowest BCUT2D eigenvalue weighted by atomic mass is 9.91. The second-order valence-electron chi connectivity index (χ2n) is 13.7. The Bertz CT molecular complexity index is 722. The van der Waals surface area contributed by atoms with Gasteiger partial charge in [-0.25, -0.2) is 4.57 Å². The standard InChI is InChI=1S/C35H72N3O3P/c1-9-13-17-21-25-29-35(6,30-26-22-18-14-10-2)41-42(39,36-33-37(7)31-32-38(33)8)40-34(5,27-23-19-15-11-3)28-24-20-16-12-4/h9-32H2,1-8H3. The molecular formula is C35H72N3O3P. The molecule has 1 saturated heterocycles. The Hall–Kier alpha value is -0.580. The van der Waals surface area contributed by atoms with Crippen LogP contribution >= 0.6 is 7.75 Å². The Morgan fingerprint density at radius 2 is 0.857 bits per heavy atom. The fourth-order valence-electron chi connectivity index (χ4n) is 6.16. The van der Waals surface area contributed by atoms with Crippen LogP contribution in [0.4, 0.5) is 0 Å². The molecule has 1 fully saturated rings. The van der Waals surface area contributed by atoms with Gasteiger partial charge < -0.3 is 9.80 Å². The summed E-state index contributed by atoms with van der Waals surface area (Å²) in [6, 6.07) is 0. The first-order valence-corrected chi connectivity index (χ1v) is 19.6. The van der Waals surface area contributed by atoms with Crippen molar-refractivity contribution in [2.75, 3.05) is 27.2 Å². The third-order valence-corrected chi connectivity index (χ3v) is 10.8. The zero-order chi connectivity index (χ0) is 31.3. The molecule has 42 heavy (non-hydrogen) atoms. The van der Waals surface area contributed by atoms with Gasteiger partial charge in [0.1, 0.15) is 0 Å². The minimum Gasteiger partial charge on any atom is -0.344 e. The second kappa shape index (κ2) is 22.0. The van der Waals surface area contributed by atoms with E-state index in [1.54, 1.807) is 0 Å². The third-order valence-electron chi connectivity index (χ3n) is 9.07. The van der Waals surface area contributed by atoms with Gasteiger partial charge in [0.2, 0.25) is 5.96 Å². The summed E-state index contributed by atoms with van der Waals surface area (Å²) in [5.74, 6) is 0.728. The highest BCUT2D eigenvalue weighted by molar-refractivity contribution is 7.52. The van der Waals surface area contributed by atoms with Crippen LogP contribution in [-0.4, -0.2) is 54.1 Å². The van der Waals surface area contributed by atoms with Gasteiger partial charge >= 0.3 is 7.75 Å². The van der Waals surface area contributed by atoms with Crippen molar-refractivity contribution in [2.45, 2.75) is 194 Å².